The quantitative estimate of drug-likeness (QED) is 0.560. The van der Waals surface area contributed by atoms with Crippen molar-refractivity contribution in [3.63, 3.8) is 0 Å². The van der Waals surface area contributed by atoms with Gasteiger partial charge in [-0.3, -0.25) is 9.80 Å². The molecule has 194 valence electrons. The molecule has 2 aromatic carbocycles. The lowest BCUT2D eigenvalue weighted by Gasteiger charge is -2.46. The van der Waals surface area contributed by atoms with E-state index < -0.39 is 11.7 Å². The fraction of sp³-hybridized carbons (Fsp3) is 0.556. The maximum absolute atomic E-state index is 14.0. The summed E-state index contributed by atoms with van der Waals surface area (Å²) < 4.78 is 26.5. The Kier molecular flexibility index (Phi) is 9.83. The molecule has 0 aromatic heterocycles. The van der Waals surface area contributed by atoms with Gasteiger partial charge in [0.15, 0.2) is 5.60 Å². The van der Waals surface area contributed by atoms with Crippen LogP contribution < -0.4 is 4.74 Å². The van der Waals surface area contributed by atoms with Crippen molar-refractivity contribution in [2.45, 2.75) is 49.9 Å². The van der Waals surface area contributed by atoms with Crippen molar-refractivity contribution < 1.29 is 19.0 Å². The normalized spacial score (nSPS) is 27.1. The summed E-state index contributed by atoms with van der Waals surface area (Å²) in [4.78, 5) is 4.88. The van der Waals surface area contributed by atoms with Crippen LogP contribution in [0.25, 0.3) is 0 Å². The van der Waals surface area contributed by atoms with E-state index in [2.05, 4.69) is 34.1 Å². The fourth-order valence-corrected chi connectivity index (χ4v) is 5.97. The van der Waals surface area contributed by atoms with Gasteiger partial charge in [-0.2, -0.15) is 0 Å². The average Bonchev–Trinajstić information content (AvgIpc) is 3.15. The lowest BCUT2D eigenvalue weighted by Crippen LogP contribution is -2.61. The molecule has 5 nitrogen and oxygen atoms in total. The van der Waals surface area contributed by atoms with Crippen LogP contribution in [0.5, 0.6) is 5.75 Å². The second-order valence-electron chi connectivity index (χ2n) is 9.67. The first-order valence-corrected chi connectivity index (χ1v) is 12.4. The van der Waals surface area contributed by atoms with Crippen molar-refractivity contribution in [2.75, 3.05) is 45.9 Å². The zero-order chi connectivity index (χ0) is 22.8. The molecule has 1 N–H and O–H groups in total. The molecular formula is C27H37Cl2FN2O3. The van der Waals surface area contributed by atoms with Crippen molar-refractivity contribution in [3.8, 4) is 5.75 Å². The number of hydrogen-bond donors (Lipinski definition) is 1. The van der Waals surface area contributed by atoms with Crippen LogP contribution in [0.15, 0.2) is 48.5 Å². The molecular weight excluding hydrogens is 490 g/mol. The van der Waals surface area contributed by atoms with Gasteiger partial charge in [-0.1, -0.05) is 30.3 Å². The molecule has 0 radical (unpaired) electrons. The Hall–Kier alpha value is -1.41. The van der Waals surface area contributed by atoms with Crippen molar-refractivity contribution in [3.05, 3.63) is 65.5 Å². The van der Waals surface area contributed by atoms with E-state index in [1.807, 2.05) is 13.0 Å². The molecule has 2 aliphatic heterocycles. The molecule has 1 saturated carbocycles. The van der Waals surface area contributed by atoms with Crippen LogP contribution in [0, 0.1) is 5.82 Å². The molecule has 5 rings (SSSR count). The molecule has 0 spiro atoms. The summed E-state index contributed by atoms with van der Waals surface area (Å²) in [6.45, 7) is 8.04. The summed E-state index contributed by atoms with van der Waals surface area (Å²) in [5, 5.41) is 11.1. The second kappa shape index (κ2) is 12.2. The van der Waals surface area contributed by atoms with Crippen LogP contribution in [-0.4, -0.2) is 72.5 Å². The van der Waals surface area contributed by atoms with E-state index in [9.17, 15) is 9.50 Å². The van der Waals surface area contributed by atoms with E-state index in [1.54, 1.807) is 12.1 Å². The number of hydrogen-bond acceptors (Lipinski definition) is 5. The number of fused-ring (bicyclic) bond motifs is 3. The molecule has 8 heteroatoms. The van der Waals surface area contributed by atoms with E-state index in [-0.39, 0.29) is 42.7 Å². The van der Waals surface area contributed by atoms with Gasteiger partial charge in [0.2, 0.25) is 0 Å². The van der Waals surface area contributed by atoms with E-state index in [0.717, 1.165) is 63.3 Å². The number of halogens is 3. The summed E-state index contributed by atoms with van der Waals surface area (Å²) in [5.41, 5.74) is 1.47. The molecule has 35 heavy (non-hydrogen) atoms. The number of piperazine rings is 1. The van der Waals surface area contributed by atoms with Crippen molar-refractivity contribution in [2.24, 2.45) is 0 Å². The Morgan fingerprint density at radius 1 is 1.06 bits per heavy atom. The van der Waals surface area contributed by atoms with E-state index in [1.165, 1.54) is 11.6 Å². The molecule has 1 saturated heterocycles. The van der Waals surface area contributed by atoms with Gasteiger partial charge in [-0.05, 0) is 49.9 Å². The Bertz CT molecular complexity index is 945. The van der Waals surface area contributed by atoms with Gasteiger partial charge in [0.25, 0.3) is 0 Å². The topological polar surface area (TPSA) is 45.2 Å². The van der Waals surface area contributed by atoms with E-state index in [4.69, 9.17) is 9.47 Å². The number of rotatable bonds is 7. The van der Waals surface area contributed by atoms with Gasteiger partial charge >= 0.3 is 0 Å². The summed E-state index contributed by atoms with van der Waals surface area (Å²) in [6.07, 6.45) is 2.15. The van der Waals surface area contributed by atoms with Gasteiger partial charge in [0.05, 0.1) is 12.2 Å². The minimum Gasteiger partial charge on any atom is -0.482 e. The van der Waals surface area contributed by atoms with Gasteiger partial charge < -0.3 is 14.6 Å². The lowest BCUT2D eigenvalue weighted by molar-refractivity contribution is -0.0998. The number of aliphatic hydroxyl groups excluding tert-OH is 1. The summed E-state index contributed by atoms with van der Waals surface area (Å²) in [5.74, 6) is 0.554. The predicted molar refractivity (Wildman–Crippen MR) is 141 cm³/mol. The molecule has 2 fully saturated rings. The molecule has 4 atom stereocenters. The third kappa shape index (κ3) is 5.79. The number of nitrogens with zero attached hydrogens (tertiary/aromatic N) is 2. The fourth-order valence-electron chi connectivity index (χ4n) is 5.97. The number of ether oxygens (including phenoxy) is 2. The monoisotopic (exact) mass is 526 g/mol. The zero-order valence-electron chi connectivity index (χ0n) is 20.3. The maximum Gasteiger partial charge on any atom is 0.154 e. The largest absolute Gasteiger partial charge is 0.482 e. The summed E-state index contributed by atoms with van der Waals surface area (Å²) in [6, 6.07) is 15.2. The molecule has 3 aliphatic rings. The van der Waals surface area contributed by atoms with E-state index >= 15 is 0 Å². The summed E-state index contributed by atoms with van der Waals surface area (Å²) in [7, 11) is 0. The first-order chi connectivity index (χ1) is 16.1. The lowest BCUT2D eigenvalue weighted by atomic mass is 9.71. The van der Waals surface area contributed by atoms with Crippen molar-refractivity contribution in [1.29, 1.82) is 0 Å². The third-order valence-corrected chi connectivity index (χ3v) is 7.67. The minimum absolute atomic E-state index is 0. The van der Waals surface area contributed by atoms with Crippen LogP contribution in [0.1, 0.15) is 49.3 Å². The van der Waals surface area contributed by atoms with Crippen LogP contribution >= 0.6 is 24.8 Å². The highest BCUT2D eigenvalue weighted by molar-refractivity contribution is 5.85. The van der Waals surface area contributed by atoms with Crippen molar-refractivity contribution >= 4 is 24.8 Å². The van der Waals surface area contributed by atoms with Crippen LogP contribution in [0.3, 0.4) is 0 Å². The standard InChI is InChI=1S/C27H35FN2O3.2ClH/c1-2-32-25(20-7-4-3-5-8-20)18-29-13-15-30(16-14-29)19-27-23(9-6-10-26(27)31)22-17-21(28)11-12-24(22)33-27;;/h3-5,7-8,11-12,17,23,25-26,31H,2,6,9-10,13-16,18-19H2,1H3;2*1H. The SMILES string of the molecule is CCOC(CN1CCN(CC23Oc4ccc(F)cc4C2CCCC3O)CC1)c1ccccc1.Cl.Cl. The Labute approximate surface area is 220 Å². The van der Waals surface area contributed by atoms with Gasteiger partial charge in [0.1, 0.15) is 11.6 Å². The van der Waals surface area contributed by atoms with Crippen molar-refractivity contribution in [1.82, 2.24) is 9.80 Å². The molecule has 0 bridgehead atoms. The van der Waals surface area contributed by atoms with E-state index in [0.29, 0.717) is 13.2 Å². The molecule has 4 unspecified atom stereocenters. The second-order valence-corrected chi connectivity index (χ2v) is 9.67. The highest BCUT2D eigenvalue weighted by atomic mass is 35.5. The minimum atomic E-state index is -0.672. The first-order valence-electron chi connectivity index (χ1n) is 12.4. The predicted octanol–water partition coefficient (Wildman–Crippen LogP) is 4.82. The van der Waals surface area contributed by atoms with Crippen LogP contribution in [0.4, 0.5) is 4.39 Å². The van der Waals surface area contributed by atoms with Crippen LogP contribution in [0.2, 0.25) is 0 Å². The average molecular weight is 528 g/mol. The number of benzene rings is 2. The van der Waals surface area contributed by atoms with Crippen LogP contribution in [-0.2, 0) is 4.74 Å². The molecule has 1 aliphatic carbocycles. The number of aliphatic hydroxyl groups is 1. The van der Waals surface area contributed by atoms with Gasteiger partial charge in [-0.15, -0.1) is 24.8 Å². The van der Waals surface area contributed by atoms with Gasteiger partial charge in [-0.25, -0.2) is 4.39 Å². The van der Waals surface area contributed by atoms with Gasteiger partial charge in [0, 0.05) is 57.4 Å². The Balaban J connectivity index is 0.00000171. The zero-order valence-corrected chi connectivity index (χ0v) is 21.9. The molecule has 2 aromatic rings. The Morgan fingerprint density at radius 3 is 2.49 bits per heavy atom. The molecule has 2 heterocycles. The summed E-state index contributed by atoms with van der Waals surface area (Å²) >= 11 is 0. The smallest absolute Gasteiger partial charge is 0.154 e. The Morgan fingerprint density at radius 2 is 1.77 bits per heavy atom. The molecule has 0 amide bonds. The maximum atomic E-state index is 14.0. The third-order valence-electron chi connectivity index (χ3n) is 7.67. The first kappa shape index (κ1) is 28.2. The highest BCUT2D eigenvalue weighted by Crippen LogP contribution is 2.52. The highest BCUT2D eigenvalue weighted by Gasteiger charge is 2.55.